The zero-order valence-electron chi connectivity index (χ0n) is 14.8. The Balaban J connectivity index is 1.42. The number of anilines is 2. The van der Waals surface area contributed by atoms with Crippen LogP contribution in [0.1, 0.15) is 23.2 Å². The van der Waals surface area contributed by atoms with Gasteiger partial charge in [0.15, 0.2) is 0 Å². The summed E-state index contributed by atoms with van der Waals surface area (Å²) in [5.74, 6) is 3.84. The van der Waals surface area contributed by atoms with Crippen molar-refractivity contribution < 1.29 is 9.47 Å². The van der Waals surface area contributed by atoms with Gasteiger partial charge < -0.3 is 20.1 Å². The fourth-order valence-electron chi connectivity index (χ4n) is 3.63. The topological polar surface area (TPSA) is 68.3 Å². The molecule has 2 aliphatic rings. The third-order valence-corrected chi connectivity index (χ3v) is 4.98. The summed E-state index contributed by atoms with van der Waals surface area (Å²) >= 11 is 0. The zero-order chi connectivity index (χ0) is 17.2. The van der Waals surface area contributed by atoms with Crippen LogP contribution >= 0.6 is 0 Å². The van der Waals surface area contributed by atoms with Gasteiger partial charge in [0.25, 0.3) is 0 Å². The highest BCUT2D eigenvalue weighted by Crippen LogP contribution is 2.31. The van der Waals surface area contributed by atoms with E-state index in [9.17, 15) is 0 Å². The van der Waals surface area contributed by atoms with Gasteiger partial charge in [-0.1, -0.05) is 6.07 Å². The van der Waals surface area contributed by atoms with Crippen molar-refractivity contribution >= 4 is 11.8 Å². The molecule has 2 heterocycles. The minimum absolute atomic E-state index is 0.399. The highest BCUT2D eigenvalue weighted by molar-refractivity contribution is 5.52. The van der Waals surface area contributed by atoms with E-state index in [1.807, 2.05) is 19.2 Å². The van der Waals surface area contributed by atoms with Gasteiger partial charge in [-0.2, -0.15) is 4.98 Å². The summed E-state index contributed by atoms with van der Waals surface area (Å²) in [5.41, 5.74) is 3.68. The van der Waals surface area contributed by atoms with Gasteiger partial charge in [-0.15, -0.1) is 0 Å². The van der Waals surface area contributed by atoms with Gasteiger partial charge in [0.2, 0.25) is 5.95 Å². The molecule has 25 heavy (non-hydrogen) atoms. The third kappa shape index (κ3) is 3.21. The Morgan fingerprint density at radius 1 is 1.28 bits per heavy atom. The van der Waals surface area contributed by atoms with Crippen molar-refractivity contribution in [3.8, 4) is 11.5 Å². The molecule has 0 spiro atoms. The smallest absolute Gasteiger partial charge is 0.224 e. The first-order chi connectivity index (χ1) is 12.3. The minimum Gasteiger partial charge on any atom is -0.497 e. The molecule has 0 fully saturated rings. The number of hydrogen-bond acceptors (Lipinski definition) is 6. The largest absolute Gasteiger partial charge is 0.497 e. The number of rotatable bonds is 5. The molecule has 2 aromatic rings. The van der Waals surface area contributed by atoms with Gasteiger partial charge >= 0.3 is 0 Å². The lowest BCUT2D eigenvalue weighted by Crippen LogP contribution is -2.28. The van der Waals surface area contributed by atoms with Crippen LogP contribution in [0.3, 0.4) is 0 Å². The van der Waals surface area contributed by atoms with Gasteiger partial charge in [-0.05, 0) is 37.3 Å². The van der Waals surface area contributed by atoms with E-state index in [0.717, 1.165) is 43.1 Å². The second-order valence-electron chi connectivity index (χ2n) is 6.66. The molecule has 4 rings (SSSR count). The van der Waals surface area contributed by atoms with Crippen LogP contribution in [0.15, 0.2) is 18.2 Å². The van der Waals surface area contributed by atoms with Crippen LogP contribution in [-0.4, -0.2) is 37.3 Å². The molecule has 0 unspecified atom stereocenters. The van der Waals surface area contributed by atoms with E-state index in [0.29, 0.717) is 18.5 Å². The first-order valence-corrected chi connectivity index (χ1v) is 8.88. The van der Waals surface area contributed by atoms with Crippen LogP contribution in [0.25, 0.3) is 0 Å². The molecule has 0 saturated heterocycles. The summed E-state index contributed by atoms with van der Waals surface area (Å²) < 4.78 is 11.2. The van der Waals surface area contributed by atoms with Crippen LogP contribution < -0.4 is 20.1 Å². The predicted octanol–water partition coefficient (Wildman–Crippen LogP) is 2.68. The molecule has 1 aliphatic heterocycles. The SMILES string of the molecule is CNc1nc(NC[C@H]2COc3cc(OC)ccc3C2)nc2c1CCC2. The van der Waals surface area contributed by atoms with E-state index in [2.05, 4.69) is 21.7 Å². The van der Waals surface area contributed by atoms with Crippen LogP contribution in [0.2, 0.25) is 0 Å². The highest BCUT2D eigenvalue weighted by atomic mass is 16.5. The number of aryl methyl sites for hydroxylation is 1. The second-order valence-corrected chi connectivity index (χ2v) is 6.66. The summed E-state index contributed by atoms with van der Waals surface area (Å²) in [5, 5.41) is 6.61. The number of nitrogens with zero attached hydrogens (tertiary/aromatic N) is 2. The summed E-state index contributed by atoms with van der Waals surface area (Å²) in [7, 11) is 3.60. The maximum atomic E-state index is 5.91. The molecular weight excluding hydrogens is 316 g/mol. The number of methoxy groups -OCH3 is 1. The average Bonchev–Trinajstić information content (AvgIpc) is 3.13. The van der Waals surface area contributed by atoms with E-state index in [4.69, 9.17) is 14.5 Å². The summed E-state index contributed by atoms with van der Waals surface area (Å²) in [6, 6.07) is 6.04. The third-order valence-electron chi connectivity index (χ3n) is 4.98. The molecule has 0 amide bonds. The zero-order valence-corrected chi connectivity index (χ0v) is 14.8. The number of ether oxygens (including phenoxy) is 2. The Bertz CT molecular complexity index is 778. The molecule has 1 aromatic carbocycles. The number of nitrogens with one attached hydrogen (secondary N) is 2. The Hall–Kier alpha value is -2.50. The number of fused-ring (bicyclic) bond motifs is 2. The minimum atomic E-state index is 0.399. The molecule has 132 valence electrons. The van der Waals surface area contributed by atoms with Crippen molar-refractivity contribution in [2.45, 2.75) is 25.7 Å². The normalized spacial score (nSPS) is 18.1. The fourth-order valence-corrected chi connectivity index (χ4v) is 3.63. The lowest BCUT2D eigenvalue weighted by molar-refractivity contribution is 0.228. The van der Waals surface area contributed by atoms with E-state index in [1.165, 1.54) is 23.2 Å². The van der Waals surface area contributed by atoms with Crippen molar-refractivity contribution in [2.75, 3.05) is 37.9 Å². The maximum absolute atomic E-state index is 5.91. The molecule has 1 atom stereocenters. The van der Waals surface area contributed by atoms with Gasteiger partial charge in [0.1, 0.15) is 17.3 Å². The van der Waals surface area contributed by atoms with Crippen molar-refractivity contribution in [3.63, 3.8) is 0 Å². The molecule has 0 bridgehead atoms. The molecule has 1 aromatic heterocycles. The lowest BCUT2D eigenvalue weighted by Gasteiger charge is -2.26. The first kappa shape index (κ1) is 16.0. The standard InChI is InChI=1S/C19H24N4O2/c1-20-18-15-4-3-5-16(15)22-19(23-18)21-10-12-8-13-6-7-14(24-2)9-17(13)25-11-12/h6-7,9,12H,3-5,8,10-11H2,1-2H3,(H2,20,21,22,23)/t12-/m0/s1. The predicted molar refractivity (Wildman–Crippen MR) is 97.8 cm³/mol. The van der Waals surface area contributed by atoms with Crippen molar-refractivity contribution in [1.29, 1.82) is 0 Å². The Morgan fingerprint density at radius 3 is 3.04 bits per heavy atom. The summed E-state index contributed by atoms with van der Waals surface area (Å²) in [6.07, 6.45) is 4.26. The molecule has 1 aliphatic carbocycles. The quantitative estimate of drug-likeness (QED) is 0.872. The Morgan fingerprint density at radius 2 is 2.20 bits per heavy atom. The van der Waals surface area contributed by atoms with Gasteiger partial charge in [-0.25, -0.2) is 4.98 Å². The highest BCUT2D eigenvalue weighted by Gasteiger charge is 2.22. The number of hydrogen-bond donors (Lipinski definition) is 2. The molecule has 0 radical (unpaired) electrons. The Kier molecular flexibility index (Phi) is 4.34. The van der Waals surface area contributed by atoms with Crippen LogP contribution in [-0.2, 0) is 19.3 Å². The van der Waals surface area contributed by atoms with Crippen LogP contribution in [0.4, 0.5) is 11.8 Å². The average molecular weight is 340 g/mol. The van der Waals surface area contributed by atoms with Crippen LogP contribution in [0.5, 0.6) is 11.5 Å². The number of benzene rings is 1. The lowest BCUT2D eigenvalue weighted by atomic mass is 9.96. The van der Waals surface area contributed by atoms with E-state index < -0.39 is 0 Å². The maximum Gasteiger partial charge on any atom is 0.224 e. The fraction of sp³-hybridized carbons (Fsp3) is 0.474. The second kappa shape index (κ2) is 6.78. The monoisotopic (exact) mass is 340 g/mol. The summed E-state index contributed by atoms with van der Waals surface area (Å²) in [6.45, 7) is 1.49. The Labute approximate surface area is 148 Å². The van der Waals surface area contributed by atoms with Gasteiger partial charge in [0.05, 0.1) is 19.4 Å². The van der Waals surface area contributed by atoms with Crippen LogP contribution in [0, 0.1) is 5.92 Å². The van der Waals surface area contributed by atoms with Gasteiger partial charge in [-0.3, -0.25) is 0 Å². The molecule has 6 nitrogen and oxygen atoms in total. The first-order valence-electron chi connectivity index (χ1n) is 8.88. The molecule has 2 N–H and O–H groups in total. The molecule has 6 heteroatoms. The van der Waals surface area contributed by atoms with Crippen molar-refractivity contribution in [1.82, 2.24) is 9.97 Å². The van der Waals surface area contributed by atoms with Gasteiger partial charge in [0, 0.05) is 31.1 Å². The van der Waals surface area contributed by atoms with E-state index in [-0.39, 0.29) is 0 Å². The van der Waals surface area contributed by atoms with Crippen molar-refractivity contribution in [2.24, 2.45) is 5.92 Å². The van der Waals surface area contributed by atoms with Crippen molar-refractivity contribution in [3.05, 3.63) is 35.0 Å². The van der Waals surface area contributed by atoms with E-state index >= 15 is 0 Å². The molecule has 0 saturated carbocycles. The number of aromatic nitrogens is 2. The summed E-state index contributed by atoms with van der Waals surface area (Å²) in [4.78, 5) is 9.32. The van der Waals surface area contributed by atoms with E-state index in [1.54, 1.807) is 7.11 Å². The molecular formula is C19H24N4O2.